The molecule has 0 radical (unpaired) electrons. The Morgan fingerprint density at radius 2 is 2.11 bits per heavy atom. The fraction of sp³-hybridized carbons (Fsp3) is 0.647. The second kappa shape index (κ2) is 8.49. The van der Waals surface area contributed by atoms with Gasteiger partial charge in [0.1, 0.15) is 11.7 Å². The van der Waals surface area contributed by atoms with Crippen molar-refractivity contribution < 1.29 is 19.5 Å². The highest BCUT2D eigenvalue weighted by atomic mass is 16.4. The third-order valence-electron chi connectivity index (χ3n) is 5.17. The Morgan fingerprint density at radius 3 is 2.81 bits per heavy atom. The van der Waals surface area contributed by atoms with Crippen LogP contribution in [0.3, 0.4) is 0 Å². The van der Waals surface area contributed by atoms with Crippen molar-refractivity contribution in [3.8, 4) is 0 Å². The zero-order valence-corrected chi connectivity index (χ0v) is 15.2. The molecule has 1 saturated heterocycles. The minimum absolute atomic E-state index is 0.0937. The van der Waals surface area contributed by atoms with Crippen LogP contribution < -0.4 is 16.4 Å². The molecule has 2 amide bonds. The van der Waals surface area contributed by atoms with Gasteiger partial charge in [0, 0.05) is 25.7 Å². The summed E-state index contributed by atoms with van der Waals surface area (Å²) in [5.74, 6) is -1.21. The molecule has 0 spiro atoms. The van der Waals surface area contributed by atoms with Crippen molar-refractivity contribution in [1.82, 2.24) is 25.3 Å². The van der Waals surface area contributed by atoms with E-state index in [2.05, 4.69) is 15.7 Å². The van der Waals surface area contributed by atoms with Crippen LogP contribution in [-0.2, 0) is 11.3 Å². The van der Waals surface area contributed by atoms with E-state index in [1.807, 2.05) is 4.90 Å². The Bertz CT molecular complexity index is 712. The van der Waals surface area contributed by atoms with Crippen molar-refractivity contribution in [3.05, 3.63) is 17.5 Å². The number of carbonyl (C=O) groups is 3. The molecule has 1 aromatic heterocycles. The standard InChI is InChI=1S/C17H26N6O4/c18-12(17(26)27)10-20-15(24)13-9-14-16(25)22(7-8-23(14)21-13)6-3-11-1-4-19-5-2-11/h9,11-12,19H,1-8,10,18H2,(H,20,24)(H,26,27)/t12-/m0/s1. The summed E-state index contributed by atoms with van der Waals surface area (Å²) in [4.78, 5) is 37.4. The number of rotatable bonds is 7. The first-order chi connectivity index (χ1) is 13.0. The average molecular weight is 378 g/mol. The molecule has 0 saturated carbocycles. The zero-order chi connectivity index (χ0) is 19.4. The lowest BCUT2D eigenvalue weighted by Gasteiger charge is -2.30. The number of hydrogen-bond donors (Lipinski definition) is 4. The van der Waals surface area contributed by atoms with Gasteiger partial charge in [-0.25, -0.2) is 0 Å². The summed E-state index contributed by atoms with van der Waals surface area (Å²) in [6.07, 6.45) is 3.27. The maximum Gasteiger partial charge on any atom is 0.322 e. The molecule has 0 bridgehead atoms. The van der Waals surface area contributed by atoms with Crippen molar-refractivity contribution in [2.45, 2.75) is 31.8 Å². The monoisotopic (exact) mass is 378 g/mol. The number of piperidine rings is 1. The molecule has 10 heteroatoms. The van der Waals surface area contributed by atoms with Crippen molar-refractivity contribution >= 4 is 17.8 Å². The molecule has 5 N–H and O–H groups in total. The lowest BCUT2D eigenvalue weighted by atomic mass is 9.94. The van der Waals surface area contributed by atoms with E-state index >= 15 is 0 Å². The molecule has 0 aromatic carbocycles. The Hall–Kier alpha value is -2.46. The normalized spacial score (nSPS) is 18.9. The van der Waals surface area contributed by atoms with Crippen LogP contribution in [0.5, 0.6) is 0 Å². The molecule has 1 aromatic rings. The molecule has 10 nitrogen and oxygen atoms in total. The molecule has 27 heavy (non-hydrogen) atoms. The van der Waals surface area contributed by atoms with Crippen LogP contribution in [0.2, 0.25) is 0 Å². The minimum Gasteiger partial charge on any atom is -0.480 e. The van der Waals surface area contributed by atoms with Gasteiger partial charge in [-0.2, -0.15) is 5.10 Å². The van der Waals surface area contributed by atoms with E-state index in [-0.39, 0.29) is 18.1 Å². The average Bonchev–Trinajstić information content (AvgIpc) is 3.11. The van der Waals surface area contributed by atoms with Gasteiger partial charge in [-0.05, 0) is 38.3 Å². The summed E-state index contributed by atoms with van der Waals surface area (Å²) in [5, 5.41) is 18.7. The third-order valence-corrected chi connectivity index (χ3v) is 5.17. The van der Waals surface area contributed by atoms with Crippen LogP contribution in [-0.4, -0.2) is 76.3 Å². The smallest absolute Gasteiger partial charge is 0.322 e. The molecule has 0 unspecified atom stereocenters. The van der Waals surface area contributed by atoms with Crippen LogP contribution in [0.25, 0.3) is 0 Å². The van der Waals surface area contributed by atoms with E-state index in [0.29, 0.717) is 31.2 Å². The number of nitrogens with two attached hydrogens (primary N) is 1. The van der Waals surface area contributed by atoms with Gasteiger partial charge >= 0.3 is 5.97 Å². The summed E-state index contributed by atoms with van der Waals surface area (Å²) < 4.78 is 1.54. The number of amides is 2. The number of nitrogens with one attached hydrogen (secondary N) is 2. The lowest BCUT2D eigenvalue weighted by molar-refractivity contribution is -0.138. The number of carboxylic acid groups (broad SMARTS) is 1. The van der Waals surface area contributed by atoms with Crippen molar-refractivity contribution in [3.63, 3.8) is 0 Å². The molecule has 0 aliphatic carbocycles. The predicted molar refractivity (Wildman–Crippen MR) is 96.3 cm³/mol. The van der Waals surface area contributed by atoms with E-state index in [9.17, 15) is 14.4 Å². The highest BCUT2D eigenvalue weighted by Crippen LogP contribution is 2.19. The molecule has 1 atom stereocenters. The summed E-state index contributed by atoms with van der Waals surface area (Å²) >= 11 is 0. The fourth-order valence-electron chi connectivity index (χ4n) is 3.45. The van der Waals surface area contributed by atoms with Gasteiger partial charge in [0.15, 0.2) is 5.69 Å². The van der Waals surface area contributed by atoms with Gasteiger partial charge in [0.2, 0.25) is 0 Å². The van der Waals surface area contributed by atoms with Crippen molar-refractivity contribution in [2.24, 2.45) is 11.7 Å². The van der Waals surface area contributed by atoms with Crippen LogP contribution in [0.1, 0.15) is 40.2 Å². The van der Waals surface area contributed by atoms with E-state index in [1.165, 1.54) is 10.7 Å². The maximum absolute atomic E-state index is 12.7. The number of fused-ring (bicyclic) bond motifs is 1. The van der Waals surface area contributed by atoms with Crippen molar-refractivity contribution in [1.29, 1.82) is 0 Å². The van der Waals surface area contributed by atoms with Gasteiger partial charge in [0.05, 0.1) is 6.54 Å². The first-order valence-corrected chi connectivity index (χ1v) is 9.30. The molecule has 3 rings (SSSR count). The quantitative estimate of drug-likeness (QED) is 0.470. The second-order valence-corrected chi connectivity index (χ2v) is 7.07. The first-order valence-electron chi connectivity index (χ1n) is 9.30. The second-order valence-electron chi connectivity index (χ2n) is 7.07. The molecular weight excluding hydrogens is 352 g/mol. The van der Waals surface area contributed by atoms with Gasteiger partial charge in [0.25, 0.3) is 11.8 Å². The summed E-state index contributed by atoms with van der Waals surface area (Å²) in [6.45, 7) is 3.69. The molecular formula is C17H26N6O4. The highest BCUT2D eigenvalue weighted by molar-refractivity contribution is 5.98. The fourth-order valence-corrected chi connectivity index (χ4v) is 3.45. The Kier molecular flexibility index (Phi) is 6.07. The molecule has 3 heterocycles. The number of nitrogens with zero attached hydrogens (tertiary/aromatic N) is 3. The summed E-state index contributed by atoms with van der Waals surface area (Å²) in [5.41, 5.74) is 5.85. The minimum atomic E-state index is -1.20. The molecule has 1 fully saturated rings. The van der Waals surface area contributed by atoms with E-state index in [1.54, 1.807) is 0 Å². The van der Waals surface area contributed by atoms with E-state index < -0.39 is 17.9 Å². The number of carboxylic acids is 1. The van der Waals surface area contributed by atoms with E-state index in [4.69, 9.17) is 10.8 Å². The number of aliphatic carboxylic acids is 1. The topological polar surface area (TPSA) is 143 Å². The lowest BCUT2D eigenvalue weighted by Crippen LogP contribution is -2.42. The number of carbonyl (C=O) groups excluding carboxylic acids is 2. The largest absolute Gasteiger partial charge is 0.480 e. The Morgan fingerprint density at radius 1 is 1.37 bits per heavy atom. The van der Waals surface area contributed by atoms with E-state index in [0.717, 1.165) is 32.4 Å². The highest BCUT2D eigenvalue weighted by Gasteiger charge is 2.28. The van der Waals surface area contributed by atoms with Gasteiger partial charge < -0.3 is 26.4 Å². The van der Waals surface area contributed by atoms with Crippen LogP contribution in [0.4, 0.5) is 0 Å². The zero-order valence-electron chi connectivity index (χ0n) is 15.2. The molecule has 2 aliphatic heterocycles. The molecule has 2 aliphatic rings. The van der Waals surface area contributed by atoms with Crippen molar-refractivity contribution in [2.75, 3.05) is 32.7 Å². The SMILES string of the molecule is N[C@@H](CNC(=O)c1cc2n(n1)CCN(CCC1CCNCC1)C2=O)C(=O)O. The summed E-state index contributed by atoms with van der Waals surface area (Å²) in [6, 6.07) is 0.277. The number of hydrogen-bond acceptors (Lipinski definition) is 6. The van der Waals surface area contributed by atoms with Gasteiger partial charge in [-0.15, -0.1) is 0 Å². The third kappa shape index (κ3) is 4.64. The van der Waals surface area contributed by atoms with Crippen LogP contribution >= 0.6 is 0 Å². The van der Waals surface area contributed by atoms with Gasteiger partial charge in [-0.1, -0.05) is 0 Å². The predicted octanol–water partition coefficient (Wildman–Crippen LogP) is -1.13. The molecule has 148 valence electrons. The first kappa shape index (κ1) is 19.3. The van der Waals surface area contributed by atoms with Gasteiger partial charge in [-0.3, -0.25) is 19.1 Å². The van der Waals surface area contributed by atoms with Crippen LogP contribution in [0, 0.1) is 5.92 Å². The maximum atomic E-state index is 12.7. The summed E-state index contributed by atoms with van der Waals surface area (Å²) in [7, 11) is 0. The Balaban J connectivity index is 1.57. The van der Waals surface area contributed by atoms with Crippen LogP contribution in [0.15, 0.2) is 6.07 Å². The number of aromatic nitrogens is 2. The Labute approximate surface area is 157 Å².